The molecule has 126 valence electrons. The average Bonchev–Trinajstić information content (AvgIpc) is 3.33. The molecule has 1 aromatic carbocycles. The van der Waals surface area contributed by atoms with Gasteiger partial charge in [0, 0.05) is 30.8 Å². The molecule has 7 nitrogen and oxygen atoms in total. The minimum atomic E-state index is -0.497. The molecule has 0 bridgehead atoms. The zero-order valence-corrected chi connectivity index (χ0v) is 13.4. The Morgan fingerprint density at radius 2 is 1.96 bits per heavy atom. The van der Waals surface area contributed by atoms with Crippen molar-refractivity contribution in [3.05, 3.63) is 48.4 Å². The Morgan fingerprint density at radius 1 is 1.12 bits per heavy atom. The van der Waals surface area contributed by atoms with E-state index in [0.29, 0.717) is 22.6 Å². The molecule has 1 saturated carbocycles. The molecule has 0 radical (unpaired) electrons. The van der Waals surface area contributed by atoms with Crippen LogP contribution in [0.5, 0.6) is 11.5 Å². The molecule has 2 aliphatic rings. The molecule has 7 heteroatoms. The largest absolute Gasteiger partial charge is 0.448 e. The van der Waals surface area contributed by atoms with E-state index in [2.05, 4.69) is 15.4 Å². The van der Waals surface area contributed by atoms with Gasteiger partial charge in [0.2, 0.25) is 0 Å². The normalized spacial score (nSPS) is 17.3. The van der Waals surface area contributed by atoms with E-state index in [9.17, 15) is 4.79 Å². The first kappa shape index (κ1) is 14.3. The van der Waals surface area contributed by atoms with Gasteiger partial charge >= 0.3 is 0 Å². The van der Waals surface area contributed by atoms with Crippen LogP contribution in [0.15, 0.2) is 42.9 Å². The molecule has 2 aromatic heterocycles. The lowest BCUT2D eigenvalue weighted by Gasteiger charge is -2.21. The van der Waals surface area contributed by atoms with Gasteiger partial charge in [-0.25, -0.2) is 9.50 Å². The molecule has 0 unspecified atom stereocenters. The van der Waals surface area contributed by atoms with Crippen molar-refractivity contribution in [1.29, 1.82) is 0 Å². The summed E-state index contributed by atoms with van der Waals surface area (Å²) in [6.07, 6.45) is 7.14. The van der Waals surface area contributed by atoms with Gasteiger partial charge in [-0.1, -0.05) is 0 Å². The fraction of sp³-hybridized carbons (Fsp3) is 0.278. The average molecular weight is 336 g/mol. The van der Waals surface area contributed by atoms with Crippen molar-refractivity contribution < 1.29 is 14.3 Å². The summed E-state index contributed by atoms with van der Waals surface area (Å²) in [5, 5.41) is 6.93. The molecule has 25 heavy (non-hydrogen) atoms. The number of nitrogens with zero attached hydrogens (tertiary/aromatic N) is 3. The first-order valence-electron chi connectivity index (χ1n) is 8.34. The smallest absolute Gasteiger partial charge is 0.257 e. The number of carbonyl (C=O) groups is 1. The van der Waals surface area contributed by atoms with Gasteiger partial charge in [-0.3, -0.25) is 4.79 Å². The fourth-order valence-electron chi connectivity index (χ4n) is 3.44. The summed E-state index contributed by atoms with van der Waals surface area (Å²) in [5.41, 5.74) is 1.87. The SMILES string of the molecule is O=C(Nc1ccc2c(c1)OC1(CCCC1)O2)c1ccc2ncnn2c1. The highest BCUT2D eigenvalue weighted by molar-refractivity contribution is 6.04. The molecule has 0 atom stereocenters. The van der Waals surface area contributed by atoms with Crippen LogP contribution in [0.1, 0.15) is 36.0 Å². The summed E-state index contributed by atoms with van der Waals surface area (Å²) in [6, 6.07) is 8.96. The van der Waals surface area contributed by atoms with Crippen molar-refractivity contribution >= 4 is 17.2 Å². The molecule has 1 aliphatic heterocycles. The fourth-order valence-corrected chi connectivity index (χ4v) is 3.44. The Hall–Kier alpha value is -3.09. The molecule has 1 spiro atoms. The maximum atomic E-state index is 12.5. The third-order valence-electron chi connectivity index (χ3n) is 4.70. The predicted molar refractivity (Wildman–Crippen MR) is 89.8 cm³/mol. The van der Waals surface area contributed by atoms with Crippen LogP contribution in [0.4, 0.5) is 5.69 Å². The molecule has 3 aromatic rings. The third-order valence-corrected chi connectivity index (χ3v) is 4.70. The van der Waals surface area contributed by atoms with Gasteiger partial charge in [-0.2, -0.15) is 5.10 Å². The van der Waals surface area contributed by atoms with E-state index in [-0.39, 0.29) is 5.91 Å². The van der Waals surface area contributed by atoms with Crippen LogP contribution in [0.3, 0.4) is 0 Å². The van der Waals surface area contributed by atoms with Gasteiger partial charge in [0.25, 0.3) is 11.7 Å². The van der Waals surface area contributed by atoms with Gasteiger partial charge in [0.1, 0.15) is 6.33 Å². The van der Waals surface area contributed by atoms with Crippen molar-refractivity contribution in [2.75, 3.05) is 5.32 Å². The summed E-state index contributed by atoms with van der Waals surface area (Å²) >= 11 is 0. The van der Waals surface area contributed by atoms with Crippen LogP contribution < -0.4 is 14.8 Å². The second-order valence-corrected chi connectivity index (χ2v) is 6.42. The van der Waals surface area contributed by atoms with Gasteiger partial charge in [0.15, 0.2) is 17.1 Å². The topological polar surface area (TPSA) is 77.8 Å². The summed E-state index contributed by atoms with van der Waals surface area (Å²) in [6.45, 7) is 0. The number of nitrogens with one attached hydrogen (secondary N) is 1. The van der Waals surface area contributed by atoms with E-state index < -0.39 is 5.79 Å². The van der Waals surface area contributed by atoms with Crippen molar-refractivity contribution in [3.8, 4) is 11.5 Å². The van der Waals surface area contributed by atoms with E-state index >= 15 is 0 Å². The van der Waals surface area contributed by atoms with Crippen LogP contribution in [-0.2, 0) is 0 Å². The van der Waals surface area contributed by atoms with Crippen molar-refractivity contribution in [2.24, 2.45) is 0 Å². The van der Waals surface area contributed by atoms with E-state index in [1.807, 2.05) is 18.2 Å². The first-order valence-corrected chi connectivity index (χ1v) is 8.34. The van der Waals surface area contributed by atoms with Gasteiger partial charge in [-0.05, 0) is 37.1 Å². The Labute approximate surface area is 143 Å². The van der Waals surface area contributed by atoms with Crippen molar-refractivity contribution in [2.45, 2.75) is 31.5 Å². The maximum absolute atomic E-state index is 12.5. The zero-order chi connectivity index (χ0) is 16.9. The number of pyridine rings is 1. The summed E-state index contributed by atoms with van der Waals surface area (Å²) in [7, 11) is 0. The van der Waals surface area contributed by atoms with Gasteiger partial charge in [-0.15, -0.1) is 0 Å². The number of amides is 1. The highest BCUT2D eigenvalue weighted by Crippen LogP contribution is 2.47. The van der Waals surface area contributed by atoms with E-state index in [4.69, 9.17) is 9.47 Å². The molecular formula is C18H16N4O3. The van der Waals surface area contributed by atoms with Crippen molar-refractivity contribution in [1.82, 2.24) is 14.6 Å². The Morgan fingerprint density at radius 3 is 2.84 bits per heavy atom. The van der Waals surface area contributed by atoms with E-state index in [1.165, 1.54) is 6.33 Å². The molecule has 1 N–H and O–H groups in total. The van der Waals surface area contributed by atoms with Crippen LogP contribution >= 0.6 is 0 Å². The second kappa shape index (κ2) is 5.20. The van der Waals surface area contributed by atoms with Gasteiger partial charge in [0.05, 0.1) is 5.56 Å². The number of anilines is 1. The minimum Gasteiger partial charge on any atom is -0.448 e. The Kier molecular flexibility index (Phi) is 2.97. The number of hydrogen-bond donors (Lipinski definition) is 1. The predicted octanol–water partition coefficient (Wildman–Crippen LogP) is 3.02. The molecule has 1 amide bonds. The number of aromatic nitrogens is 3. The minimum absolute atomic E-state index is 0.216. The van der Waals surface area contributed by atoms with Crippen LogP contribution in [0.2, 0.25) is 0 Å². The summed E-state index contributed by atoms with van der Waals surface area (Å²) < 4.78 is 13.6. The lowest BCUT2D eigenvalue weighted by Crippen LogP contribution is -2.34. The summed E-state index contributed by atoms with van der Waals surface area (Å²) in [5.74, 6) is 0.713. The number of ether oxygens (including phenoxy) is 2. The maximum Gasteiger partial charge on any atom is 0.257 e. The Balaban J connectivity index is 1.37. The lowest BCUT2D eigenvalue weighted by molar-refractivity contribution is -0.0716. The van der Waals surface area contributed by atoms with E-state index in [0.717, 1.165) is 31.4 Å². The highest BCUT2D eigenvalue weighted by atomic mass is 16.7. The van der Waals surface area contributed by atoms with E-state index in [1.54, 1.807) is 22.8 Å². The molecule has 0 saturated heterocycles. The quantitative estimate of drug-likeness (QED) is 0.778. The summed E-state index contributed by atoms with van der Waals surface area (Å²) in [4.78, 5) is 16.6. The standard InChI is InChI=1S/C18H16N4O3/c23-17(12-3-6-16-19-11-20-22(16)10-12)21-13-4-5-14-15(9-13)25-18(24-14)7-1-2-8-18/h3-6,9-11H,1-2,7-8H2,(H,21,23). The first-order chi connectivity index (χ1) is 12.2. The number of benzene rings is 1. The lowest BCUT2D eigenvalue weighted by atomic mass is 10.2. The van der Waals surface area contributed by atoms with Crippen LogP contribution in [0, 0.1) is 0 Å². The molecule has 5 rings (SSSR count). The van der Waals surface area contributed by atoms with Crippen LogP contribution in [-0.4, -0.2) is 26.3 Å². The number of hydrogen-bond acceptors (Lipinski definition) is 5. The van der Waals surface area contributed by atoms with Gasteiger partial charge < -0.3 is 14.8 Å². The Bertz CT molecular complexity index is 975. The monoisotopic (exact) mass is 336 g/mol. The third kappa shape index (κ3) is 2.39. The van der Waals surface area contributed by atoms with Crippen molar-refractivity contribution in [3.63, 3.8) is 0 Å². The number of rotatable bonds is 2. The van der Waals surface area contributed by atoms with Crippen LogP contribution in [0.25, 0.3) is 5.65 Å². The highest BCUT2D eigenvalue weighted by Gasteiger charge is 2.44. The molecule has 1 aliphatic carbocycles. The second-order valence-electron chi connectivity index (χ2n) is 6.42. The zero-order valence-electron chi connectivity index (χ0n) is 13.4. The number of fused-ring (bicyclic) bond motifs is 2. The molecule has 3 heterocycles. The molecule has 1 fully saturated rings. The number of carbonyl (C=O) groups excluding carboxylic acids is 1. The molecular weight excluding hydrogens is 320 g/mol.